The van der Waals surface area contributed by atoms with Crippen LogP contribution in [0.15, 0.2) is 0 Å². The molecule has 5 heteroatoms. The average molecular weight is 267 g/mol. The largest absolute Gasteiger partial charge is 0.379 e. The van der Waals surface area contributed by atoms with Gasteiger partial charge in [0, 0.05) is 13.1 Å². The predicted molar refractivity (Wildman–Crippen MR) is 81.7 cm³/mol. The molecule has 17 heavy (non-hydrogen) atoms. The minimum Gasteiger partial charge on any atom is -0.379 e. The molecule has 1 fully saturated rings. The summed E-state index contributed by atoms with van der Waals surface area (Å²) in [4.78, 5) is 2.27. The number of ether oxygens (including phenoxy) is 1. The van der Waals surface area contributed by atoms with Gasteiger partial charge in [0.15, 0.2) is 0 Å². The van der Waals surface area contributed by atoms with Gasteiger partial charge in [0.25, 0.3) is 0 Å². The first kappa shape index (κ1) is 22.4. The molecule has 0 atom stereocenters. The molecule has 0 amide bonds. The second-order valence-electron chi connectivity index (χ2n) is 3.73. The first-order valence-electron chi connectivity index (χ1n) is 6.16. The molecule has 4 nitrogen and oxygen atoms in total. The van der Waals surface area contributed by atoms with Crippen molar-refractivity contribution >= 4 is 12.6 Å². The number of rotatable bonds is 4. The van der Waals surface area contributed by atoms with E-state index >= 15 is 0 Å². The normalized spacial score (nSPS) is 14.6. The molecule has 0 aromatic heterocycles. The van der Waals surface area contributed by atoms with Gasteiger partial charge in [-0.15, -0.1) is 0 Å². The lowest BCUT2D eigenvalue weighted by Gasteiger charge is -2.21. The number of nitrogens with zero attached hydrogens (tertiary/aromatic N) is 1. The second-order valence-corrected chi connectivity index (χ2v) is 3.73. The molecule has 0 spiro atoms. The maximum atomic E-state index is 5.10. The van der Waals surface area contributed by atoms with E-state index in [-0.39, 0.29) is 6.15 Å². The second kappa shape index (κ2) is 21.5. The van der Waals surface area contributed by atoms with Crippen LogP contribution in [0.1, 0.15) is 26.2 Å². The average Bonchev–Trinajstić information content (AvgIpc) is 2.34. The van der Waals surface area contributed by atoms with Crippen molar-refractivity contribution in [1.82, 2.24) is 16.4 Å². The van der Waals surface area contributed by atoms with E-state index in [2.05, 4.69) is 36.8 Å². The number of hydrogen-bond donors (Lipinski definition) is 3. The SMILES string of the molecule is CCCCCNC.CN1CCOCC1.CS.N. The highest BCUT2D eigenvalue weighted by Gasteiger charge is 2.02. The molecule has 0 unspecified atom stereocenters. The van der Waals surface area contributed by atoms with Crippen LogP contribution in [0.5, 0.6) is 0 Å². The van der Waals surface area contributed by atoms with Gasteiger partial charge in [-0.2, -0.15) is 12.6 Å². The lowest BCUT2D eigenvalue weighted by molar-refractivity contribution is 0.0503. The summed E-state index contributed by atoms with van der Waals surface area (Å²) in [5, 5.41) is 3.10. The van der Waals surface area contributed by atoms with Gasteiger partial charge in [-0.25, -0.2) is 0 Å². The van der Waals surface area contributed by atoms with Gasteiger partial charge in [0.1, 0.15) is 0 Å². The highest BCUT2D eigenvalue weighted by Crippen LogP contribution is 1.90. The zero-order chi connectivity index (χ0) is 12.6. The maximum absolute atomic E-state index is 5.10. The zero-order valence-corrected chi connectivity index (χ0v) is 13.1. The summed E-state index contributed by atoms with van der Waals surface area (Å²) in [6, 6.07) is 0. The fourth-order valence-corrected chi connectivity index (χ4v) is 1.21. The number of thiol groups is 1. The van der Waals surface area contributed by atoms with Crippen LogP contribution in [-0.4, -0.2) is 58.1 Å². The summed E-state index contributed by atoms with van der Waals surface area (Å²) < 4.78 is 5.10. The van der Waals surface area contributed by atoms with Crippen molar-refractivity contribution in [1.29, 1.82) is 0 Å². The molecule has 108 valence electrons. The van der Waals surface area contributed by atoms with Crippen LogP contribution < -0.4 is 11.5 Å². The van der Waals surface area contributed by atoms with Gasteiger partial charge in [0.05, 0.1) is 13.2 Å². The Kier molecular flexibility index (Phi) is 28.3. The molecule has 1 aliphatic heterocycles. The Morgan fingerprint density at radius 2 is 1.71 bits per heavy atom. The third-order valence-corrected chi connectivity index (χ3v) is 2.27. The minimum atomic E-state index is 0. The van der Waals surface area contributed by atoms with Crippen LogP contribution in [0.3, 0.4) is 0 Å². The lowest BCUT2D eigenvalue weighted by atomic mass is 10.2. The Balaban J connectivity index is -0.000000191. The Morgan fingerprint density at radius 1 is 1.18 bits per heavy atom. The summed E-state index contributed by atoms with van der Waals surface area (Å²) in [6.45, 7) is 7.41. The molecule has 0 aromatic carbocycles. The molecule has 0 aliphatic carbocycles. The monoisotopic (exact) mass is 267 g/mol. The number of unbranched alkanes of at least 4 members (excludes halogenated alkanes) is 2. The van der Waals surface area contributed by atoms with Gasteiger partial charge in [-0.3, -0.25) is 0 Å². The Morgan fingerprint density at radius 3 is 2.00 bits per heavy atom. The molecular formula is C12H33N3OS. The van der Waals surface area contributed by atoms with E-state index in [1.807, 2.05) is 7.05 Å². The Hall–Kier alpha value is 0.190. The molecule has 0 radical (unpaired) electrons. The summed E-state index contributed by atoms with van der Waals surface area (Å²) in [5.74, 6) is 0. The lowest BCUT2D eigenvalue weighted by Crippen LogP contribution is -2.32. The Labute approximate surface area is 113 Å². The number of nitrogens with one attached hydrogen (secondary N) is 1. The molecule has 1 rings (SSSR count). The van der Waals surface area contributed by atoms with E-state index in [1.165, 1.54) is 25.8 Å². The molecule has 0 aromatic rings. The molecular weight excluding hydrogens is 234 g/mol. The quantitative estimate of drug-likeness (QED) is 0.539. The van der Waals surface area contributed by atoms with Gasteiger partial charge in [0.2, 0.25) is 0 Å². The summed E-state index contributed by atoms with van der Waals surface area (Å²) >= 11 is 3.53. The van der Waals surface area contributed by atoms with Crippen LogP contribution in [0.25, 0.3) is 0 Å². The van der Waals surface area contributed by atoms with Gasteiger partial charge < -0.3 is 21.1 Å². The highest BCUT2D eigenvalue weighted by molar-refractivity contribution is 7.79. The van der Waals surface area contributed by atoms with Gasteiger partial charge in [-0.1, -0.05) is 19.8 Å². The van der Waals surface area contributed by atoms with E-state index in [4.69, 9.17) is 4.74 Å². The van der Waals surface area contributed by atoms with Crippen molar-refractivity contribution in [2.45, 2.75) is 26.2 Å². The summed E-state index contributed by atoms with van der Waals surface area (Å²) in [6.07, 6.45) is 5.70. The van der Waals surface area contributed by atoms with E-state index in [0.29, 0.717) is 0 Å². The minimum absolute atomic E-state index is 0. The third kappa shape index (κ3) is 21.9. The summed E-state index contributed by atoms with van der Waals surface area (Å²) in [7, 11) is 4.11. The van der Waals surface area contributed by atoms with Crippen LogP contribution in [0.2, 0.25) is 0 Å². The topological polar surface area (TPSA) is 59.5 Å². The first-order chi connectivity index (χ1) is 7.81. The fourth-order valence-electron chi connectivity index (χ4n) is 1.21. The highest BCUT2D eigenvalue weighted by atomic mass is 32.1. The van der Waals surface area contributed by atoms with Crippen LogP contribution in [0, 0.1) is 0 Å². The van der Waals surface area contributed by atoms with Crippen LogP contribution >= 0.6 is 12.6 Å². The molecule has 1 saturated heterocycles. The number of morpholine rings is 1. The van der Waals surface area contributed by atoms with Gasteiger partial charge >= 0.3 is 0 Å². The van der Waals surface area contributed by atoms with Crippen molar-refractivity contribution in [2.24, 2.45) is 0 Å². The van der Waals surface area contributed by atoms with E-state index < -0.39 is 0 Å². The molecule has 0 bridgehead atoms. The van der Waals surface area contributed by atoms with E-state index in [1.54, 1.807) is 6.26 Å². The molecule has 1 heterocycles. The number of hydrogen-bond acceptors (Lipinski definition) is 5. The fraction of sp³-hybridized carbons (Fsp3) is 1.00. The van der Waals surface area contributed by atoms with Crippen molar-refractivity contribution in [2.75, 3.05) is 53.2 Å². The van der Waals surface area contributed by atoms with Crippen molar-refractivity contribution < 1.29 is 4.74 Å². The van der Waals surface area contributed by atoms with Crippen LogP contribution in [-0.2, 0) is 4.74 Å². The maximum Gasteiger partial charge on any atom is 0.0594 e. The molecule has 4 N–H and O–H groups in total. The van der Waals surface area contributed by atoms with E-state index in [0.717, 1.165) is 26.3 Å². The Bertz CT molecular complexity index is 108. The van der Waals surface area contributed by atoms with E-state index in [9.17, 15) is 0 Å². The predicted octanol–water partition coefficient (Wildman–Crippen LogP) is 2.05. The van der Waals surface area contributed by atoms with Crippen molar-refractivity contribution in [3.8, 4) is 0 Å². The van der Waals surface area contributed by atoms with Crippen molar-refractivity contribution in [3.05, 3.63) is 0 Å². The summed E-state index contributed by atoms with van der Waals surface area (Å²) in [5.41, 5.74) is 0. The van der Waals surface area contributed by atoms with Crippen molar-refractivity contribution in [3.63, 3.8) is 0 Å². The van der Waals surface area contributed by atoms with Crippen LogP contribution in [0.4, 0.5) is 0 Å². The zero-order valence-electron chi connectivity index (χ0n) is 12.2. The number of likely N-dealkylation sites (N-methyl/N-ethyl adjacent to an activating group) is 1. The molecule has 1 aliphatic rings. The molecule has 0 saturated carbocycles. The standard InChI is InChI=1S/C6H15N.C5H11NO.CH4S.H3N/c1-3-4-5-6-7-2;1-6-2-4-7-5-3-6;1-2;/h7H,3-6H2,1-2H3;2-5H2,1H3;2H,1H3;1H3. The first-order valence-corrected chi connectivity index (χ1v) is 7.06. The van der Waals surface area contributed by atoms with Gasteiger partial charge in [-0.05, 0) is 33.3 Å². The third-order valence-electron chi connectivity index (χ3n) is 2.27. The smallest absolute Gasteiger partial charge is 0.0594 e.